The maximum Gasteiger partial charge on any atom is 0.0254 e. The smallest absolute Gasteiger partial charge is 0.0254 e. The van der Waals surface area contributed by atoms with Crippen molar-refractivity contribution in [1.29, 1.82) is 0 Å². The van der Waals surface area contributed by atoms with E-state index in [9.17, 15) is 0 Å². The first-order chi connectivity index (χ1) is 7.27. The van der Waals surface area contributed by atoms with Crippen molar-refractivity contribution in [2.24, 2.45) is 0 Å². The Morgan fingerprint density at radius 1 is 1.27 bits per heavy atom. The Hall–Kier alpha value is -1.34. The van der Waals surface area contributed by atoms with Gasteiger partial charge in [-0.15, -0.1) is 13.2 Å². The van der Waals surface area contributed by atoms with Crippen LogP contribution in [-0.2, 0) is 6.54 Å². The Kier molecular flexibility index (Phi) is 4.85. The number of hydrogen-bond acceptors (Lipinski definition) is 1. The van der Waals surface area contributed by atoms with Gasteiger partial charge in [-0.2, -0.15) is 0 Å². The van der Waals surface area contributed by atoms with Crippen LogP contribution in [-0.4, -0.2) is 17.5 Å². The lowest BCUT2D eigenvalue weighted by Crippen LogP contribution is -2.31. The molecular formula is C14H19N. The van der Waals surface area contributed by atoms with Gasteiger partial charge in [0.15, 0.2) is 0 Å². The monoisotopic (exact) mass is 201 g/mol. The summed E-state index contributed by atoms with van der Waals surface area (Å²) in [6.07, 6.45) is 3.90. The van der Waals surface area contributed by atoms with E-state index in [1.807, 2.05) is 18.2 Å². The van der Waals surface area contributed by atoms with Crippen LogP contribution in [0, 0.1) is 0 Å². The number of nitrogens with zero attached hydrogens (tertiary/aromatic N) is 1. The summed E-state index contributed by atoms with van der Waals surface area (Å²) in [5.41, 5.74) is 1.33. The van der Waals surface area contributed by atoms with Gasteiger partial charge in [0.05, 0.1) is 0 Å². The van der Waals surface area contributed by atoms with Gasteiger partial charge in [0.2, 0.25) is 0 Å². The normalized spacial score (nSPS) is 12.4. The minimum Gasteiger partial charge on any atom is -0.289 e. The Balaban J connectivity index is 2.66. The fraction of sp³-hybridized carbons (Fsp3) is 0.286. The van der Waals surface area contributed by atoms with E-state index in [4.69, 9.17) is 0 Å². The minimum absolute atomic E-state index is 0.378. The van der Waals surface area contributed by atoms with E-state index in [0.29, 0.717) is 6.04 Å². The molecule has 1 rings (SSSR count). The quantitative estimate of drug-likeness (QED) is 0.639. The maximum atomic E-state index is 3.83. The molecule has 1 unspecified atom stereocenters. The third-order valence-electron chi connectivity index (χ3n) is 2.51. The SMILES string of the molecule is C=CCN(Cc1ccccc1)C(C)C=C. The van der Waals surface area contributed by atoms with E-state index >= 15 is 0 Å². The molecule has 0 N–H and O–H groups in total. The second kappa shape index (κ2) is 6.20. The molecule has 0 aliphatic rings. The van der Waals surface area contributed by atoms with E-state index in [0.717, 1.165) is 13.1 Å². The molecule has 1 nitrogen and oxygen atoms in total. The molecule has 0 radical (unpaired) electrons. The molecule has 0 heterocycles. The molecule has 0 aliphatic carbocycles. The molecule has 1 aromatic rings. The molecule has 0 spiro atoms. The highest BCUT2D eigenvalue weighted by Crippen LogP contribution is 2.08. The molecule has 15 heavy (non-hydrogen) atoms. The van der Waals surface area contributed by atoms with Gasteiger partial charge < -0.3 is 0 Å². The van der Waals surface area contributed by atoms with Crippen molar-refractivity contribution < 1.29 is 0 Å². The van der Waals surface area contributed by atoms with Gasteiger partial charge in [-0.25, -0.2) is 0 Å². The van der Waals surface area contributed by atoms with Crippen molar-refractivity contribution in [3.63, 3.8) is 0 Å². The predicted octanol–water partition coefficient (Wildman–Crippen LogP) is 3.25. The summed E-state index contributed by atoms with van der Waals surface area (Å²) in [5.74, 6) is 0. The van der Waals surface area contributed by atoms with Crippen molar-refractivity contribution in [3.8, 4) is 0 Å². The van der Waals surface area contributed by atoms with E-state index in [1.54, 1.807) is 0 Å². The second-order valence-corrected chi connectivity index (χ2v) is 3.68. The van der Waals surface area contributed by atoms with Crippen LogP contribution in [0.3, 0.4) is 0 Å². The van der Waals surface area contributed by atoms with Crippen LogP contribution in [0.1, 0.15) is 12.5 Å². The number of hydrogen-bond donors (Lipinski definition) is 0. The fourth-order valence-electron chi connectivity index (χ4n) is 1.51. The van der Waals surface area contributed by atoms with Crippen LogP contribution in [0.5, 0.6) is 0 Å². The zero-order valence-corrected chi connectivity index (χ0v) is 9.39. The van der Waals surface area contributed by atoms with Crippen LogP contribution in [0.15, 0.2) is 55.6 Å². The summed E-state index contributed by atoms with van der Waals surface area (Å²) in [7, 11) is 0. The number of rotatable bonds is 6. The lowest BCUT2D eigenvalue weighted by Gasteiger charge is -2.25. The van der Waals surface area contributed by atoms with E-state index in [-0.39, 0.29) is 0 Å². The Morgan fingerprint density at radius 3 is 2.47 bits per heavy atom. The van der Waals surface area contributed by atoms with Gasteiger partial charge in [-0.1, -0.05) is 42.5 Å². The molecule has 80 valence electrons. The topological polar surface area (TPSA) is 3.24 Å². The third kappa shape index (κ3) is 3.72. The standard InChI is InChI=1S/C14H19N/c1-4-11-15(13(3)5-2)12-14-9-7-6-8-10-14/h4-10,13H,1-2,11-12H2,3H3. The van der Waals surface area contributed by atoms with Crippen LogP contribution in [0.2, 0.25) is 0 Å². The molecule has 0 aliphatic heterocycles. The molecule has 0 saturated heterocycles. The zero-order chi connectivity index (χ0) is 11.1. The molecule has 0 fully saturated rings. The highest BCUT2D eigenvalue weighted by atomic mass is 15.1. The van der Waals surface area contributed by atoms with Crippen molar-refractivity contribution in [2.75, 3.05) is 6.54 Å². The average Bonchev–Trinajstić information content (AvgIpc) is 2.29. The molecular weight excluding hydrogens is 182 g/mol. The Bertz CT molecular complexity index is 302. The molecule has 0 amide bonds. The summed E-state index contributed by atoms with van der Waals surface area (Å²) in [5, 5.41) is 0. The largest absolute Gasteiger partial charge is 0.289 e. The van der Waals surface area contributed by atoms with Crippen LogP contribution in [0.25, 0.3) is 0 Å². The van der Waals surface area contributed by atoms with Crippen LogP contribution >= 0.6 is 0 Å². The summed E-state index contributed by atoms with van der Waals surface area (Å²) in [6, 6.07) is 10.8. The van der Waals surface area contributed by atoms with Gasteiger partial charge >= 0.3 is 0 Å². The summed E-state index contributed by atoms with van der Waals surface area (Å²) in [6.45, 7) is 11.6. The van der Waals surface area contributed by atoms with E-state index < -0.39 is 0 Å². The third-order valence-corrected chi connectivity index (χ3v) is 2.51. The fourth-order valence-corrected chi connectivity index (χ4v) is 1.51. The molecule has 0 aromatic heterocycles. The van der Waals surface area contributed by atoms with Crippen molar-refractivity contribution in [3.05, 3.63) is 61.2 Å². The second-order valence-electron chi connectivity index (χ2n) is 3.68. The van der Waals surface area contributed by atoms with Crippen LogP contribution < -0.4 is 0 Å². The van der Waals surface area contributed by atoms with Crippen molar-refractivity contribution in [1.82, 2.24) is 4.90 Å². The Morgan fingerprint density at radius 2 is 1.93 bits per heavy atom. The van der Waals surface area contributed by atoms with E-state index in [1.165, 1.54) is 5.56 Å². The lowest BCUT2D eigenvalue weighted by molar-refractivity contribution is 0.259. The minimum atomic E-state index is 0.378. The van der Waals surface area contributed by atoms with Gasteiger partial charge in [0.25, 0.3) is 0 Å². The summed E-state index contributed by atoms with van der Waals surface area (Å²) in [4.78, 5) is 2.33. The molecule has 0 saturated carbocycles. The summed E-state index contributed by atoms with van der Waals surface area (Å²) >= 11 is 0. The summed E-state index contributed by atoms with van der Waals surface area (Å²) < 4.78 is 0. The highest BCUT2D eigenvalue weighted by Gasteiger charge is 2.08. The van der Waals surface area contributed by atoms with E-state index in [2.05, 4.69) is 49.2 Å². The average molecular weight is 201 g/mol. The lowest BCUT2D eigenvalue weighted by atomic mass is 10.2. The van der Waals surface area contributed by atoms with Crippen LogP contribution in [0.4, 0.5) is 0 Å². The molecule has 0 bridgehead atoms. The van der Waals surface area contributed by atoms with Gasteiger partial charge in [-0.3, -0.25) is 4.90 Å². The first-order valence-corrected chi connectivity index (χ1v) is 5.29. The molecule has 1 heteroatoms. The van der Waals surface area contributed by atoms with Gasteiger partial charge in [-0.05, 0) is 12.5 Å². The first kappa shape index (κ1) is 11.7. The van der Waals surface area contributed by atoms with Gasteiger partial charge in [0.1, 0.15) is 0 Å². The molecule has 1 atom stereocenters. The first-order valence-electron chi connectivity index (χ1n) is 5.29. The van der Waals surface area contributed by atoms with Crippen molar-refractivity contribution >= 4 is 0 Å². The number of benzene rings is 1. The maximum absolute atomic E-state index is 3.83. The Labute approximate surface area is 92.7 Å². The highest BCUT2D eigenvalue weighted by molar-refractivity contribution is 5.15. The molecule has 1 aromatic carbocycles. The predicted molar refractivity (Wildman–Crippen MR) is 66.7 cm³/mol. The van der Waals surface area contributed by atoms with Gasteiger partial charge in [0, 0.05) is 19.1 Å². The zero-order valence-electron chi connectivity index (χ0n) is 9.39. The van der Waals surface area contributed by atoms with Crippen molar-refractivity contribution in [2.45, 2.75) is 19.5 Å².